The van der Waals surface area contributed by atoms with Crippen LogP contribution in [0, 0.1) is 0 Å². The molecular weight excluding hydrogens is 362 g/mol. The molecule has 4 rings (SSSR count). The first kappa shape index (κ1) is 18.4. The molecule has 142 valence electrons. The molecule has 0 fully saturated rings. The number of nitrogens with one attached hydrogen (secondary N) is 1. The molecule has 0 bridgehead atoms. The Bertz CT molecular complexity index is 1190. The van der Waals surface area contributed by atoms with Crippen LogP contribution in [0.5, 0.6) is 0 Å². The van der Waals surface area contributed by atoms with E-state index in [2.05, 4.69) is 15.3 Å². The van der Waals surface area contributed by atoms with Crippen LogP contribution in [-0.4, -0.2) is 23.0 Å². The van der Waals surface area contributed by atoms with Crippen LogP contribution in [0.25, 0.3) is 23.1 Å². The summed E-state index contributed by atoms with van der Waals surface area (Å²) in [5.41, 5.74) is 3.13. The number of carbonyl (C=O) groups is 1. The number of para-hydroxylation sites is 1. The topological polar surface area (TPSA) is 64.1 Å². The second-order valence-electron chi connectivity index (χ2n) is 6.39. The van der Waals surface area contributed by atoms with Gasteiger partial charge >= 0.3 is 5.97 Å². The summed E-state index contributed by atoms with van der Waals surface area (Å²) in [5.74, 6) is 0.886. The molecule has 0 aliphatic carbocycles. The predicted octanol–water partition coefficient (Wildman–Crippen LogP) is 5.33. The molecule has 4 aromatic rings. The minimum absolute atomic E-state index is 0.382. The SMILES string of the molecule is COC(=O)c1cccc(Nc2nc(C=Cc3ccccc3)nc3ccccc23)c1. The largest absolute Gasteiger partial charge is 0.465 e. The molecule has 0 unspecified atom stereocenters. The van der Waals surface area contributed by atoms with Crippen molar-refractivity contribution in [3.05, 3.63) is 95.8 Å². The fraction of sp³-hybridized carbons (Fsp3) is 0.0417. The number of aromatic nitrogens is 2. The van der Waals surface area contributed by atoms with E-state index < -0.39 is 0 Å². The van der Waals surface area contributed by atoms with Crippen LogP contribution < -0.4 is 5.32 Å². The van der Waals surface area contributed by atoms with Crippen LogP contribution in [0.2, 0.25) is 0 Å². The van der Waals surface area contributed by atoms with E-state index in [4.69, 9.17) is 4.74 Å². The van der Waals surface area contributed by atoms with Crippen molar-refractivity contribution >= 4 is 40.5 Å². The quantitative estimate of drug-likeness (QED) is 0.473. The summed E-state index contributed by atoms with van der Waals surface area (Å²) >= 11 is 0. The van der Waals surface area contributed by atoms with Gasteiger partial charge in [0.2, 0.25) is 0 Å². The average molecular weight is 381 g/mol. The minimum atomic E-state index is -0.382. The van der Waals surface area contributed by atoms with Crippen molar-refractivity contribution in [3.63, 3.8) is 0 Å². The van der Waals surface area contributed by atoms with E-state index in [0.717, 1.165) is 22.2 Å². The number of rotatable bonds is 5. The van der Waals surface area contributed by atoms with E-state index in [1.54, 1.807) is 18.2 Å². The third-order valence-electron chi connectivity index (χ3n) is 4.39. The van der Waals surface area contributed by atoms with Crippen molar-refractivity contribution < 1.29 is 9.53 Å². The predicted molar refractivity (Wildman–Crippen MR) is 116 cm³/mol. The van der Waals surface area contributed by atoms with Crippen LogP contribution in [0.3, 0.4) is 0 Å². The van der Waals surface area contributed by atoms with Crippen LogP contribution in [0.4, 0.5) is 11.5 Å². The fourth-order valence-electron chi connectivity index (χ4n) is 2.98. The van der Waals surface area contributed by atoms with E-state index >= 15 is 0 Å². The molecule has 3 aromatic carbocycles. The minimum Gasteiger partial charge on any atom is -0.465 e. The molecule has 1 heterocycles. The molecule has 0 radical (unpaired) electrons. The highest BCUT2D eigenvalue weighted by atomic mass is 16.5. The summed E-state index contributed by atoms with van der Waals surface area (Å²) in [4.78, 5) is 21.1. The van der Waals surface area contributed by atoms with E-state index in [1.165, 1.54) is 7.11 Å². The molecule has 5 nitrogen and oxygen atoms in total. The molecule has 0 atom stereocenters. The molecule has 0 aliphatic rings. The van der Waals surface area contributed by atoms with Gasteiger partial charge in [0.1, 0.15) is 5.82 Å². The molecular formula is C24H19N3O2. The maximum Gasteiger partial charge on any atom is 0.337 e. The molecule has 1 N–H and O–H groups in total. The van der Waals surface area contributed by atoms with Gasteiger partial charge in [-0.15, -0.1) is 0 Å². The van der Waals surface area contributed by atoms with Gasteiger partial charge in [0.15, 0.2) is 5.82 Å². The van der Waals surface area contributed by atoms with Gasteiger partial charge < -0.3 is 10.1 Å². The zero-order valence-corrected chi connectivity index (χ0v) is 15.9. The first-order chi connectivity index (χ1) is 14.2. The van der Waals surface area contributed by atoms with E-state index in [9.17, 15) is 4.79 Å². The second kappa shape index (κ2) is 8.35. The van der Waals surface area contributed by atoms with Gasteiger partial charge in [-0.2, -0.15) is 0 Å². The Hall–Kier alpha value is -3.99. The lowest BCUT2D eigenvalue weighted by molar-refractivity contribution is 0.0601. The van der Waals surface area contributed by atoms with Gasteiger partial charge in [-0.3, -0.25) is 0 Å². The number of carbonyl (C=O) groups excluding carboxylic acids is 1. The first-order valence-electron chi connectivity index (χ1n) is 9.18. The average Bonchev–Trinajstić information content (AvgIpc) is 2.78. The number of nitrogens with zero attached hydrogens (tertiary/aromatic N) is 2. The number of ether oxygens (including phenoxy) is 1. The van der Waals surface area contributed by atoms with Crippen LogP contribution in [-0.2, 0) is 4.74 Å². The monoisotopic (exact) mass is 381 g/mol. The maximum atomic E-state index is 11.8. The number of anilines is 2. The Morgan fingerprint density at radius 1 is 0.897 bits per heavy atom. The van der Waals surface area contributed by atoms with E-state index in [1.807, 2.05) is 72.8 Å². The Morgan fingerprint density at radius 3 is 2.52 bits per heavy atom. The number of fused-ring (bicyclic) bond motifs is 1. The van der Waals surface area contributed by atoms with Gasteiger partial charge in [0, 0.05) is 11.1 Å². The zero-order valence-electron chi connectivity index (χ0n) is 15.9. The van der Waals surface area contributed by atoms with Crippen LogP contribution in [0.15, 0.2) is 78.9 Å². The van der Waals surface area contributed by atoms with Crippen LogP contribution in [0.1, 0.15) is 21.7 Å². The highest BCUT2D eigenvalue weighted by Gasteiger charge is 2.09. The van der Waals surface area contributed by atoms with Gasteiger partial charge in [0.25, 0.3) is 0 Å². The summed E-state index contributed by atoms with van der Waals surface area (Å²) in [7, 11) is 1.37. The number of benzene rings is 3. The Kier molecular flexibility index (Phi) is 5.29. The molecule has 0 amide bonds. The third-order valence-corrected chi connectivity index (χ3v) is 4.39. The highest BCUT2D eigenvalue weighted by molar-refractivity contribution is 5.93. The lowest BCUT2D eigenvalue weighted by Crippen LogP contribution is -2.03. The fourth-order valence-corrected chi connectivity index (χ4v) is 2.98. The second-order valence-corrected chi connectivity index (χ2v) is 6.39. The number of hydrogen-bond acceptors (Lipinski definition) is 5. The summed E-state index contributed by atoms with van der Waals surface area (Å²) < 4.78 is 4.80. The number of hydrogen-bond donors (Lipinski definition) is 1. The van der Waals surface area contributed by atoms with Crippen molar-refractivity contribution in [1.29, 1.82) is 0 Å². The molecule has 0 spiro atoms. The summed E-state index contributed by atoms with van der Waals surface area (Å²) in [5, 5.41) is 4.21. The van der Waals surface area contributed by atoms with Crippen molar-refractivity contribution in [1.82, 2.24) is 9.97 Å². The van der Waals surface area contributed by atoms with Gasteiger partial charge in [0.05, 0.1) is 18.2 Å². The van der Waals surface area contributed by atoms with Gasteiger partial charge in [-0.25, -0.2) is 14.8 Å². The summed E-state index contributed by atoms with van der Waals surface area (Å²) in [6, 6.07) is 24.9. The van der Waals surface area contributed by atoms with Crippen molar-refractivity contribution in [2.24, 2.45) is 0 Å². The maximum absolute atomic E-state index is 11.8. The smallest absolute Gasteiger partial charge is 0.337 e. The molecule has 0 aliphatic heterocycles. The van der Waals surface area contributed by atoms with Crippen molar-refractivity contribution in [2.45, 2.75) is 0 Å². The first-order valence-corrected chi connectivity index (χ1v) is 9.18. The number of esters is 1. The number of methoxy groups -OCH3 is 1. The van der Waals surface area contributed by atoms with E-state index in [0.29, 0.717) is 17.2 Å². The Morgan fingerprint density at radius 2 is 1.69 bits per heavy atom. The van der Waals surface area contributed by atoms with Crippen LogP contribution >= 0.6 is 0 Å². The van der Waals surface area contributed by atoms with Gasteiger partial charge in [-0.05, 0) is 42.0 Å². The molecule has 29 heavy (non-hydrogen) atoms. The lowest BCUT2D eigenvalue weighted by Gasteiger charge is -2.10. The Balaban J connectivity index is 1.71. The Labute approximate surface area is 168 Å². The van der Waals surface area contributed by atoms with Crippen molar-refractivity contribution in [2.75, 3.05) is 12.4 Å². The molecule has 0 saturated carbocycles. The third kappa shape index (κ3) is 4.30. The summed E-state index contributed by atoms with van der Waals surface area (Å²) in [6.45, 7) is 0. The zero-order chi connectivity index (χ0) is 20.1. The highest BCUT2D eigenvalue weighted by Crippen LogP contribution is 2.25. The lowest BCUT2D eigenvalue weighted by atomic mass is 10.2. The molecule has 1 aromatic heterocycles. The summed E-state index contributed by atoms with van der Waals surface area (Å²) in [6.07, 6.45) is 3.86. The molecule has 0 saturated heterocycles. The van der Waals surface area contributed by atoms with E-state index in [-0.39, 0.29) is 5.97 Å². The molecule has 5 heteroatoms. The van der Waals surface area contributed by atoms with Crippen molar-refractivity contribution in [3.8, 4) is 0 Å². The standard InChI is InChI=1S/C24H19N3O2/c1-29-24(28)18-10-7-11-19(16-18)25-23-20-12-5-6-13-21(20)26-22(27-23)15-14-17-8-3-2-4-9-17/h2-16H,1H3,(H,25,26,27). The normalized spacial score (nSPS) is 10.9. The van der Waals surface area contributed by atoms with Gasteiger partial charge in [-0.1, -0.05) is 54.6 Å².